The van der Waals surface area contributed by atoms with E-state index in [4.69, 9.17) is 0 Å². The van der Waals surface area contributed by atoms with Crippen molar-refractivity contribution in [2.45, 2.75) is 26.2 Å². The molecule has 3 aromatic heterocycles. The maximum Gasteiger partial charge on any atom is 0.270 e. The summed E-state index contributed by atoms with van der Waals surface area (Å²) in [6.45, 7) is 1.05. The first-order valence-corrected chi connectivity index (χ1v) is 24.9. The summed E-state index contributed by atoms with van der Waals surface area (Å²) in [5.41, 5.74) is 6.90. The number of nitrogens with one attached hydrogen (secondary N) is 4. The minimum absolute atomic E-state index is 0.115. The van der Waals surface area contributed by atoms with E-state index in [1.165, 1.54) is 8.72 Å². The van der Waals surface area contributed by atoms with Gasteiger partial charge in [-0.2, -0.15) is 0 Å². The van der Waals surface area contributed by atoms with Crippen LogP contribution in [0.1, 0.15) is 68.8 Å². The van der Waals surface area contributed by atoms with Crippen molar-refractivity contribution >= 4 is 84.9 Å². The van der Waals surface area contributed by atoms with Gasteiger partial charge in [-0.15, -0.1) is 0 Å². The normalized spacial score (nSPS) is 16.4. The number of aryl methyl sites for hydroxylation is 1. The van der Waals surface area contributed by atoms with Crippen LogP contribution < -0.4 is 40.3 Å². The van der Waals surface area contributed by atoms with Gasteiger partial charge in [-0.05, 0) is 46.5 Å². The molecule has 0 saturated carbocycles. The number of nitrogens with zero attached hydrogens (tertiary/aromatic N) is 4. The van der Waals surface area contributed by atoms with Crippen molar-refractivity contribution in [2.75, 3.05) is 11.9 Å². The van der Waals surface area contributed by atoms with Crippen molar-refractivity contribution in [3.05, 3.63) is 211 Å². The summed E-state index contributed by atoms with van der Waals surface area (Å²) in [5, 5.41) is 23.9. The first-order valence-electron chi connectivity index (χ1n) is 21.5. The van der Waals surface area contributed by atoms with Gasteiger partial charge >= 0.3 is 175 Å². The molecule has 1 aliphatic carbocycles. The van der Waals surface area contributed by atoms with Gasteiger partial charge in [0.05, 0.1) is 0 Å². The number of pyridine rings is 2. The van der Waals surface area contributed by atoms with E-state index in [9.17, 15) is 29.1 Å². The van der Waals surface area contributed by atoms with Crippen LogP contribution in [-0.4, -0.2) is 75.9 Å². The summed E-state index contributed by atoms with van der Waals surface area (Å²) >= 11 is 0.229. The Hall–Kier alpha value is -7.74. The first-order chi connectivity index (χ1) is 33.0. The Bertz CT molecular complexity index is 3020. The van der Waals surface area contributed by atoms with Crippen molar-refractivity contribution in [2.24, 2.45) is 7.05 Å². The number of allylic oxidation sites excluding steroid dienone is 3. The van der Waals surface area contributed by atoms with Crippen LogP contribution in [0.3, 0.4) is 0 Å². The molecule has 6 aliphatic rings. The Labute approximate surface area is 403 Å². The molecule has 338 valence electrons. The third-order valence-corrected chi connectivity index (χ3v) is 16.2. The SMILES string of the molecule is CN1/C(=C/C2=C([O-])C(=C\c3[se]c4ccccc4[n+]3C)/C2=O)[Se]c2ccccc21.O=C1NCc2ccc(cc2)CNC(=O)c2cccc(n2)C(=O)NCc2ccc(cc2)CNC(=O)c2cccc1n2. The fourth-order valence-electron chi connectivity index (χ4n) is 7.45. The zero-order valence-electron chi connectivity index (χ0n) is 36.7. The van der Waals surface area contributed by atoms with Gasteiger partial charge < -0.3 is 21.3 Å². The molecular weight excluding hydrogens is 991 g/mol. The number of anilines is 1. The number of fused-ring (bicyclic) bond motifs is 2. The van der Waals surface area contributed by atoms with E-state index < -0.39 is 23.6 Å². The molecule has 7 aromatic rings. The number of benzene rings is 4. The van der Waals surface area contributed by atoms with Crippen molar-refractivity contribution in [3.63, 3.8) is 0 Å². The number of ketones is 1. The van der Waals surface area contributed by atoms with E-state index in [0.717, 1.165) is 42.6 Å². The second-order valence-electron chi connectivity index (χ2n) is 15.9. The predicted molar refractivity (Wildman–Crippen MR) is 256 cm³/mol. The zero-order chi connectivity index (χ0) is 47.3. The van der Waals surface area contributed by atoms with E-state index in [1.54, 1.807) is 48.6 Å². The molecule has 13 rings (SSSR count). The van der Waals surface area contributed by atoms with Crippen molar-refractivity contribution in [1.82, 2.24) is 31.2 Å². The third kappa shape index (κ3) is 9.99. The van der Waals surface area contributed by atoms with Crippen molar-refractivity contribution in [1.29, 1.82) is 0 Å². The molecule has 0 spiro atoms. The summed E-state index contributed by atoms with van der Waals surface area (Å²) in [5.74, 6) is -1.86. The average molecular weight is 1030 g/mol. The van der Waals surface area contributed by atoms with Crippen LogP contribution in [0.15, 0.2) is 161 Å². The van der Waals surface area contributed by atoms with E-state index in [0.29, 0.717) is 11.1 Å². The molecule has 5 aliphatic heterocycles. The Morgan fingerprint density at radius 3 is 1.46 bits per heavy atom. The van der Waals surface area contributed by atoms with E-state index in [1.807, 2.05) is 86.9 Å². The number of carbonyl (C=O) groups excluding carboxylic acids is 5. The molecule has 0 fully saturated rings. The van der Waals surface area contributed by atoms with E-state index in [2.05, 4.69) is 65.0 Å². The molecule has 4 N–H and O–H groups in total. The number of amides is 4. The average Bonchev–Trinajstić information content (AvgIpc) is 3.88. The number of aromatic nitrogens is 3. The molecular formula is C52H42N8O6Se2. The molecule has 0 saturated heterocycles. The summed E-state index contributed by atoms with van der Waals surface area (Å²) in [6.07, 6.45) is 3.59. The predicted octanol–water partition coefficient (Wildman–Crippen LogP) is 3.13. The Morgan fingerprint density at radius 2 is 1.01 bits per heavy atom. The second kappa shape index (κ2) is 20.0. The third-order valence-electron chi connectivity index (χ3n) is 11.3. The molecule has 8 heterocycles. The van der Waals surface area contributed by atoms with Gasteiger partial charge in [0.25, 0.3) is 23.6 Å². The molecule has 4 aromatic carbocycles. The van der Waals surface area contributed by atoms with Gasteiger partial charge in [0.2, 0.25) is 0 Å². The molecule has 16 heteroatoms. The fourth-order valence-corrected chi connectivity index (χ4v) is 12.0. The van der Waals surface area contributed by atoms with E-state index >= 15 is 0 Å². The molecule has 14 nitrogen and oxygen atoms in total. The van der Waals surface area contributed by atoms with Crippen LogP contribution in [0, 0.1) is 0 Å². The maximum atomic E-state index is 12.7. The fraction of sp³-hybridized carbons (Fsp3) is 0.115. The van der Waals surface area contributed by atoms with Crippen LogP contribution >= 0.6 is 0 Å². The quantitative estimate of drug-likeness (QED) is 0.115. The van der Waals surface area contributed by atoms with Crippen molar-refractivity contribution in [3.8, 4) is 0 Å². The number of Topliss-reactive ketones (excluding diaryl/α,β-unsaturated/α-hetero) is 1. The summed E-state index contributed by atoms with van der Waals surface area (Å²) in [4.78, 5) is 73.9. The summed E-state index contributed by atoms with van der Waals surface area (Å²) < 4.78 is 6.74. The van der Waals surface area contributed by atoms with Gasteiger partial charge in [-0.1, -0.05) is 60.7 Å². The van der Waals surface area contributed by atoms with Crippen LogP contribution in [0.4, 0.5) is 5.69 Å². The molecule has 0 unspecified atom stereocenters. The van der Waals surface area contributed by atoms with Crippen LogP contribution in [0.5, 0.6) is 0 Å². The Balaban J connectivity index is 0.000000180. The standard InChI is InChI=1S/C30H26N6O4.C22H16N2O2Se2/c37-27-23-3-1-4-24(35-23)28(38)32-16-20-9-13-22(14-10-20)18-34-30(40)26-6-2-5-25(36-26)29(39)33-17-21-11-7-19(8-12-21)15-31-27;1-23-15-7-3-5-9-17(15)27-19(23)11-13-21(25)14(22(13)26)12-20-24(2)16-8-4-6-10-18(16)28-20/h1-14H,15-18H2,(H,31,37)(H,32,38)(H,33,39)(H,34,40);3-12H,1-2H3. The van der Waals surface area contributed by atoms with Gasteiger partial charge in [-0.3, -0.25) is 19.2 Å². The second-order valence-corrected chi connectivity index (χ2v) is 20.3. The number of carbonyl (C=O) groups is 5. The molecule has 0 atom stereocenters. The van der Waals surface area contributed by atoms with Gasteiger partial charge in [0.15, 0.2) is 0 Å². The molecule has 4 amide bonds. The van der Waals surface area contributed by atoms with Gasteiger partial charge in [-0.25, -0.2) is 9.97 Å². The summed E-state index contributed by atoms with van der Waals surface area (Å²) in [6, 6.07) is 40.6. The smallest absolute Gasteiger partial charge is 0.270 e. The van der Waals surface area contributed by atoms with Crippen LogP contribution in [0.25, 0.3) is 15.9 Å². The molecule has 68 heavy (non-hydrogen) atoms. The van der Waals surface area contributed by atoms with E-state index in [-0.39, 0.29) is 90.0 Å². The topological polar surface area (TPSA) is 189 Å². The van der Waals surface area contributed by atoms with Gasteiger partial charge in [0.1, 0.15) is 22.8 Å². The number of hydrogen-bond donors (Lipinski definition) is 4. The number of hydrogen-bond acceptors (Lipinski definition) is 9. The van der Waals surface area contributed by atoms with Crippen molar-refractivity contribution < 1.29 is 33.6 Å². The Morgan fingerprint density at radius 1 is 0.574 bits per heavy atom. The number of para-hydroxylation sites is 2. The number of rotatable bonds is 2. The molecule has 8 bridgehead atoms. The van der Waals surface area contributed by atoms with Gasteiger partial charge in [0, 0.05) is 26.2 Å². The molecule has 0 radical (unpaired) electrons. The van der Waals surface area contributed by atoms with Crippen LogP contribution in [-0.2, 0) is 38.0 Å². The zero-order valence-corrected chi connectivity index (χ0v) is 40.2. The minimum Gasteiger partial charge on any atom is -0.347 e. The Kier molecular flexibility index (Phi) is 13.4. The minimum atomic E-state index is -0.398. The maximum absolute atomic E-state index is 12.7. The van der Waals surface area contributed by atoms with Crippen LogP contribution in [0.2, 0.25) is 0 Å². The first kappa shape index (κ1) is 45.4. The largest absolute Gasteiger partial charge is 0.347 e. The monoisotopic (exact) mass is 1030 g/mol. The summed E-state index contributed by atoms with van der Waals surface area (Å²) in [7, 11) is 3.99.